The lowest BCUT2D eigenvalue weighted by atomic mass is 10.1. The van der Waals surface area contributed by atoms with Crippen LogP contribution < -0.4 is 5.73 Å². The zero-order chi connectivity index (χ0) is 13.0. The summed E-state index contributed by atoms with van der Waals surface area (Å²) in [4.78, 5) is 0.214. The fourth-order valence-corrected chi connectivity index (χ4v) is 2.51. The van der Waals surface area contributed by atoms with Gasteiger partial charge in [-0.3, -0.25) is 0 Å². The van der Waals surface area contributed by atoms with Gasteiger partial charge in [0.05, 0.1) is 6.61 Å². The van der Waals surface area contributed by atoms with E-state index < -0.39 is 0 Å². The van der Waals surface area contributed by atoms with Crippen LogP contribution in [0, 0.1) is 11.7 Å². The number of halogens is 1. The molecule has 2 rings (SSSR count). The molecule has 4 heteroatoms. The third kappa shape index (κ3) is 3.75. The second-order valence-corrected chi connectivity index (χ2v) is 5.32. The summed E-state index contributed by atoms with van der Waals surface area (Å²) < 4.78 is 19.0. The molecule has 1 aliphatic carbocycles. The first-order valence-electron chi connectivity index (χ1n) is 6.32. The monoisotopic (exact) mass is 267 g/mol. The first kappa shape index (κ1) is 13.4. The van der Waals surface area contributed by atoms with Gasteiger partial charge >= 0.3 is 0 Å². The summed E-state index contributed by atoms with van der Waals surface area (Å²) >= 11 is 4.85. The molecule has 1 aromatic carbocycles. The number of ether oxygens (including phenoxy) is 1. The summed E-state index contributed by atoms with van der Waals surface area (Å²) in [6, 6.07) is 4.61. The van der Waals surface area contributed by atoms with Gasteiger partial charge in [-0.2, -0.15) is 0 Å². The molecule has 0 amide bonds. The van der Waals surface area contributed by atoms with Crippen molar-refractivity contribution in [3.63, 3.8) is 0 Å². The lowest BCUT2D eigenvalue weighted by Gasteiger charge is -2.10. The van der Waals surface area contributed by atoms with E-state index in [-0.39, 0.29) is 10.8 Å². The van der Waals surface area contributed by atoms with Crippen molar-refractivity contribution in [3.8, 4) is 0 Å². The molecule has 0 spiro atoms. The molecule has 18 heavy (non-hydrogen) atoms. The second kappa shape index (κ2) is 6.25. The van der Waals surface area contributed by atoms with Gasteiger partial charge in [-0.1, -0.05) is 25.1 Å². The van der Waals surface area contributed by atoms with Crippen LogP contribution in [0.1, 0.15) is 36.8 Å². The van der Waals surface area contributed by atoms with Crippen molar-refractivity contribution >= 4 is 17.2 Å². The fraction of sp³-hybridized carbons (Fsp3) is 0.500. The van der Waals surface area contributed by atoms with Crippen molar-refractivity contribution < 1.29 is 9.13 Å². The van der Waals surface area contributed by atoms with Crippen LogP contribution in [-0.2, 0) is 11.3 Å². The number of benzene rings is 1. The average Bonchev–Trinajstić information content (AvgIpc) is 2.81. The smallest absolute Gasteiger partial charge is 0.124 e. The Kier molecular flexibility index (Phi) is 4.66. The van der Waals surface area contributed by atoms with Crippen molar-refractivity contribution in [1.82, 2.24) is 0 Å². The van der Waals surface area contributed by atoms with Crippen LogP contribution in [0.25, 0.3) is 0 Å². The maximum Gasteiger partial charge on any atom is 0.124 e. The number of hydrogen-bond donors (Lipinski definition) is 1. The summed E-state index contributed by atoms with van der Waals surface area (Å²) in [5, 5.41) is 0. The largest absolute Gasteiger partial charge is 0.389 e. The van der Waals surface area contributed by atoms with Crippen LogP contribution in [-0.4, -0.2) is 11.6 Å². The maximum atomic E-state index is 13.3. The molecule has 1 saturated carbocycles. The van der Waals surface area contributed by atoms with Gasteiger partial charge in [0.2, 0.25) is 0 Å². The lowest BCUT2D eigenvalue weighted by molar-refractivity contribution is 0.0887. The highest BCUT2D eigenvalue weighted by molar-refractivity contribution is 7.80. The van der Waals surface area contributed by atoms with E-state index >= 15 is 0 Å². The van der Waals surface area contributed by atoms with Crippen LogP contribution in [0.5, 0.6) is 0 Å². The van der Waals surface area contributed by atoms with Crippen molar-refractivity contribution in [1.29, 1.82) is 0 Å². The highest BCUT2D eigenvalue weighted by atomic mass is 32.1. The van der Waals surface area contributed by atoms with Crippen LogP contribution in [0.2, 0.25) is 0 Å². The minimum absolute atomic E-state index is 0.214. The summed E-state index contributed by atoms with van der Waals surface area (Å²) in [5.41, 5.74) is 6.85. The molecule has 0 bridgehead atoms. The molecular formula is C14H18FNOS. The van der Waals surface area contributed by atoms with E-state index in [9.17, 15) is 4.39 Å². The predicted octanol–water partition coefficient (Wildman–Crippen LogP) is 3.17. The normalized spacial score (nSPS) is 16.1. The van der Waals surface area contributed by atoms with E-state index in [1.165, 1.54) is 37.8 Å². The third-order valence-electron chi connectivity index (χ3n) is 3.34. The highest BCUT2D eigenvalue weighted by Gasteiger charge is 2.14. The molecule has 0 heterocycles. The molecule has 2 nitrogen and oxygen atoms in total. The second-order valence-electron chi connectivity index (χ2n) is 4.88. The first-order chi connectivity index (χ1) is 8.65. The molecule has 1 fully saturated rings. The van der Waals surface area contributed by atoms with E-state index in [1.807, 2.05) is 0 Å². The summed E-state index contributed by atoms with van der Waals surface area (Å²) in [6.45, 7) is 1.18. The van der Waals surface area contributed by atoms with Gasteiger partial charge in [-0.15, -0.1) is 0 Å². The fourth-order valence-electron chi connectivity index (χ4n) is 2.40. The van der Waals surface area contributed by atoms with Crippen molar-refractivity contribution in [2.24, 2.45) is 11.7 Å². The molecule has 0 aromatic heterocycles. The quantitative estimate of drug-likeness (QED) is 0.832. The number of rotatable bonds is 5. The van der Waals surface area contributed by atoms with E-state index in [0.717, 1.165) is 12.2 Å². The van der Waals surface area contributed by atoms with Crippen LogP contribution in [0.3, 0.4) is 0 Å². The van der Waals surface area contributed by atoms with Gasteiger partial charge in [0.15, 0.2) is 0 Å². The summed E-state index contributed by atoms with van der Waals surface area (Å²) in [5.74, 6) is 0.355. The molecule has 0 aliphatic heterocycles. The van der Waals surface area contributed by atoms with Crippen LogP contribution in [0.4, 0.5) is 4.39 Å². The Hall–Kier alpha value is -1.00. The van der Waals surface area contributed by atoms with Gasteiger partial charge in [0, 0.05) is 12.2 Å². The number of hydrogen-bond acceptors (Lipinski definition) is 2. The Morgan fingerprint density at radius 1 is 1.33 bits per heavy atom. The topological polar surface area (TPSA) is 35.2 Å². The Bertz CT molecular complexity index is 430. The first-order valence-corrected chi connectivity index (χ1v) is 6.73. The Labute approximate surface area is 112 Å². The predicted molar refractivity (Wildman–Crippen MR) is 73.9 cm³/mol. The Morgan fingerprint density at radius 2 is 2.06 bits per heavy atom. The third-order valence-corrected chi connectivity index (χ3v) is 3.57. The molecular weight excluding hydrogens is 249 g/mol. The molecule has 1 aromatic rings. The average molecular weight is 267 g/mol. The highest BCUT2D eigenvalue weighted by Crippen LogP contribution is 2.25. The minimum atomic E-state index is -0.320. The zero-order valence-corrected chi connectivity index (χ0v) is 11.1. The Balaban J connectivity index is 1.89. The molecule has 0 atom stereocenters. The number of nitrogens with two attached hydrogens (primary N) is 1. The van der Waals surface area contributed by atoms with Gasteiger partial charge in [0.25, 0.3) is 0 Å². The SMILES string of the molecule is NC(=S)c1cc(F)cc(COCC2CCCC2)c1. The molecule has 0 saturated heterocycles. The minimum Gasteiger partial charge on any atom is -0.389 e. The maximum absolute atomic E-state index is 13.3. The molecule has 1 aliphatic rings. The van der Waals surface area contributed by atoms with E-state index in [4.69, 9.17) is 22.7 Å². The van der Waals surface area contributed by atoms with Crippen molar-refractivity contribution in [2.75, 3.05) is 6.61 Å². The van der Waals surface area contributed by atoms with Gasteiger partial charge in [0.1, 0.15) is 10.8 Å². The van der Waals surface area contributed by atoms with E-state index in [0.29, 0.717) is 18.1 Å². The summed E-state index contributed by atoms with van der Waals surface area (Å²) in [7, 11) is 0. The van der Waals surface area contributed by atoms with Crippen LogP contribution in [0.15, 0.2) is 18.2 Å². The van der Waals surface area contributed by atoms with Crippen molar-refractivity contribution in [3.05, 3.63) is 35.1 Å². The van der Waals surface area contributed by atoms with Gasteiger partial charge < -0.3 is 10.5 Å². The molecule has 98 valence electrons. The van der Waals surface area contributed by atoms with E-state index in [2.05, 4.69) is 0 Å². The van der Waals surface area contributed by atoms with Crippen LogP contribution >= 0.6 is 12.2 Å². The van der Waals surface area contributed by atoms with Gasteiger partial charge in [-0.25, -0.2) is 4.39 Å². The zero-order valence-electron chi connectivity index (χ0n) is 10.3. The summed E-state index contributed by atoms with van der Waals surface area (Å²) in [6.07, 6.45) is 5.11. The molecule has 2 N–H and O–H groups in total. The van der Waals surface area contributed by atoms with E-state index in [1.54, 1.807) is 6.07 Å². The van der Waals surface area contributed by atoms with Gasteiger partial charge in [-0.05, 0) is 42.5 Å². The van der Waals surface area contributed by atoms with Crippen molar-refractivity contribution in [2.45, 2.75) is 32.3 Å². The Morgan fingerprint density at radius 3 is 2.72 bits per heavy atom. The molecule has 0 unspecified atom stereocenters. The number of thiocarbonyl (C=S) groups is 1. The lowest BCUT2D eigenvalue weighted by Crippen LogP contribution is -2.11. The standard InChI is InChI=1S/C14H18FNOS/c15-13-6-11(5-12(7-13)14(16)18)9-17-8-10-3-1-2-4-10/h5-7,10H,1-4,8-9H2,(H2,16,18). The molecule has 0 radical (unpaired) electrons.